The molecule has 0 unspecified atom stereocenters. The first-order valence-electron chi connectivity index (χ1n) is 8.56. The van der Waals surface area contributed by atoms with Gasteiger partial charge in [0, 0.05) is 23.4 Å². The largest absolute Gasteiger partial charge is 0.490 e. The van der Waals surface area contributed by atoms with Crippen molar-refractivity contribution < 1.29 is 19.0 Å². The number of ether oxygens (including phenoxy) is 3. The van der Waals surface area contributed by atoms with Crippen LogP contribution in [-0.4, -0.2) is 25.7 Å². The molecule has 0 aliphatic carbocycles. The minimum atomic E-state index is -0.201. The number of para-hydroxylation sites is 1. The fraction of sp³-hybridized carbons (Fsp3) is 0.350. The van der Waals surface area contributed by atoms with Gasteiger partial charge in [0.2, 0.25) is 0 Å². The molecule has 0 fully saturated rings. The van der Waals surface area contributed by atoms with Gasteiger partial charge >= 0.3 is 0 Å². The van der Waals surface area contributed by atoms with Gasteiger partial charge in [-0.3, -0.25) is 4.79 Å². The van der Waals surface area contributed by atoms with Crippen molar-refractivity contribution in [1.82, 2.24) is 0 Å². The second kappa shape index (κ2) is 9.69. The molecule has 0 bridgehead atoms. The Labute approximate surface area is 148 Å². The molecule has 0 spiro atoms. The maximum Gasteiger partial charge on any atom is 0.255 e. The fourth-order valence-electron chi connectivity index (χ4n) is 2.37. The molecule has 25 heavy (non-hydrogen) atoms. The lowest BCUT2D eigenvalue weighted by molar-refractivity contribution is 0.102. The molecule has 0 saturated heterocycles. The topological polar surface area (TPSA) is 56.8 Å². The molecule has 0 aliphatic rings. The third kappa shape index (κ3) is 5.22. The molecule has 0 atom stereocenters. The Hall–Kier alpha value is -2.53. The summed E-state index contributed by atoms with van der Waals surface area (Å²) in [7, 11) is 0. The van der Waals surface area contributed by atoms with Crippen molar-refractivity contribution in [3.8, 4) is 11.5 Å². The summed E-state index contributed by atoms with van der Waals surface area (Å²) in [6.07, 6.45) is 0. The average molecular weight is 343 g/mol. The molecule has 0 aliphatic heterocycles. The van der Waals surface area contributed by atoms with Gasteiger partial charge in [0.05, 0.1) is 19.8 Å². The summed E-state index contributed by atoms with van der Waals surface area (Å²) in [6, 6.07) is 12.8. The van der Waals surface area contributed by atoms with Crippen LogP contribution in [0.15, 0.2) is 42.5 Å². The van der Waals surface area contributed by atoms with Crippen molar-refractivity contribution in [2.24, 2.45) is 0 Å². The van der Waals surface area contributed by atoms with E-state index < -0.39 is 0 Å². The Bertz CT molecular complexity index is 700. The highest BCUT2D eigenvalue weighted by molar-refractivity contribution is 6.05. The second-order valence-electron chi connectivity index (χ2n) is 5.28. The summed E-state index contributed by atoms with van der Waals surface area (Å²) in [5.74, 6) is 1.00. The molecule has 0 aromatic heterocycles. The van der Waals surface area contributed by atoms with E-state index in [1.807, 2.05) is 45.0 Å². The van der Waals surface area contributed by atoms with Gasteiger partial charge in [0.15, 0.2) is 11.5 Å². The first kappa shape index (κ1) is 18.8. The summed E-state index contributed by atoms with van der Waals surface area (Å²) in [5.41, 5.74) is 2.19. The van der Waals surface area contributed by atoms with Crippen LogP contribution >= 0.6 is 0 Å². The van der Waals surface area contributed by atoms with E-state index in [9.17, 15) is 4.79 Å². The Morgan fingerprint density at radius 2 is 1.64 bits per heavy atom. The van der Waals surface area contributed by atoms with Gasteiger partial charge in [-0.25, -0.2) is 0 Å². The summed E-state index contributed by atoms with van der Waals surface area (Å²) < 4.78 is 16.6. The lowest BCUT2D eigenvalue weighted by atomic mass is 10.1. The molecule has 5 heteroatoms. The number of anilines is 1. The van der Waals surface area contributed by atoms with Gasteiger partial charge in [-0.1, -0.05) is 18.2 Å². The van der Waals surface area contributed by atoms with Crippen LogP contribution in [0.4, 0.5) is 5.69 Å². The van der Waals surface area contributed by atoms with E-state index >= 15 is 0 Å². The SMILES string of the molecule is CCOCc1ccccc1NC(=O)c1ccc(OCC)c(OCC)c1. The maximum atomic E-state index is 12.6. The zero-order chi connectivity index (χ0) is 18.1. The normalized spacial score (nSPS) is 10.4. The standard InChI is InChI=1S/C20H25NO4/c1-4-23-14-16-9-7-8-10-17(16)21-20(22)15-11-12-18(24-5-2)19(13-15)25-6-3/h7-13H,4-6,14H2,1-3H3,(H,21,22). The smallest absolute Gasteiger partial charge is 0.255 e. The molecular weight excluding hydrogens is 318 g/mol. The number of carbonyl (C=O) groups is 1. The number of rotatable bonds is 9. The Morgan fingerprint density at radius 1 is 0.920 bits per heavy atom. The van der Waals surface area contributed by atoms with E-state index in [0.717, 1.165) is 11.3 Å². The minimum Gasteiger partial charge on any atom is -0.490 e. The van der Waals surface area contributed by atoms with Crippen molar-refractivity contribution in [3.05, 3.63) is 53.6 Å². The van der Waals surface area contributed by atoms with Gasteiger partial charge in [-0.2, -0.15) is 0 Å². The van der Waals surface area contributed by atoms with Gasteiger partial charge in [0.25, 0.3) is 5.91 Å². The molecule has 5 nitrogen and oxygen atoms in total. The molecular formula is C20H25NO4. The van der Waals surface area contributed by atoms with E-state index in [2.05, 4.69) is 5.32 Å². The number of amides is 1. The van der Waals surface area contributed by atoms with Crippen molar-refractivity contribution in [2.45, 2.75) is 27.4 Å². The van der Waals surface area contributed by atoms with E-state index in [1.165, 1.54) is 0 Å². The molecule has 0 heterocycles. The van der Waals surface area contributed by atoms with Crippen LogP contribution in [0.2, 0.25) is 0 Å². The summed E-state index contributed by atoms with van der Waals surface area (Å²) in [4.78, 5) is 12.6. The first-order valence-corrected chi connectivity index (χ1v) is 8.56. The number of nitrogens with one attached hydrogen (secondary N) is 1. The molecule has 2 aromatic carbocycles. The van der Waals surface area contributed by atoms with Crippen LogP contribution in [-0.2, 0) is 11.3 Å². The van der Waals surface area contributed by atoms with Crippen LogP contribution < -0.4 is 14.8 Å². The van der Waals surface area contributed by atoms with Crippen molar-refractivity contribution >= 4 is 11.6 Å². The number of hydrogen-bond acceptors (Lipinski definition) is 4. The molecule has 0 radical (unpaired) electrons. The quantitative estimate of drug-likeness (QED) is 0.738. The van der Waals surface area contributed by atoms with Crippen LogP contribution in [0.5, 0.6) is 11.5 Å². The Kier molecular flexibility index (Phi) is 7.29. The van der Waals surface area contributed by atoms with Crippen LogP contribution in [0.25, 0.3) is 0 Å². The lowest BCUT2D eigenvalue weighted by Gasteiger charge is -2.14. The van der Waals surface area contributed by atoms with Crippen LogP contribution in [0.3, 0.4) is 0 Å². The van der Waals surface area contributed by atoms with Gasteiger partial charge in [-0.15, -0.1) is 0 Å². The predicted molar refractivity (Wildman–Crippen MR) is 98.5 cm³/mol. The van der Waals surface area contributed by atoms with Gasteiger partial charge in [0.1, 0.15) is 0 Å². The van der Waals surface area contributed by atoms with Gasteiger partial charge < -0.3 is 19.5 Å². The van der Waals surface area contributed by atoms with E-state index in [1.54, 1.807) is 18.2 Å². The lowest BCUT2D eigenvalue weighted by Crippen LogP contribution is -2.14. The zero-order valence-electron chi connectivity index (χ0n) is 15.0. The third-order valence-corrected chi connectivity index (χ3v) is 3.53. The van der Waals surface area contributed by atoms with Crippen LogP contribution in [0.1, 0.15) is 36.7 Å². The summed E-state index contributed by atoms with van der Waals surface area (Å²) in [5, 5.41) is 2.94. The highest BCUT2D eigenvalue weighted by Crippen LogP contribution is 2.29. The molecule has 134 valence electrons. The minimum absolute atomic E-state index is 0.201. The Morgan fingerprint density at radius 3 is 2.36 bits per heavy atom. The molecule has 1 amide bonds. The van der Waals surface area contributed by atoms with E-state index in [0.29, 0.717) is 43.5 Å². The van der Waals surface area contributed by atoms with E-state index in [-0.39, 0.29) is 5.91 Å². The molecule has 2 aromatic rings. The summed E-state index contributed by atoms with van der Waals surface area (Å²) >= 11 is 0. The maximum absolute atomic E-state index is 12.6. The summed E-state index contributed by atoms with van der Waals surface area (Å²) in [6.45, 7) is 7.87. The highest BCUT2D eigenvalue weighted by atomic mass is 16.5. The number of hydrogen-bond donors (Lipinski definition) is 1. The monoisotopic (exact) mass is 343 g/mol. The number of carbonyl (C=O) groups excluding carboxylic acids is 1. The number of benzene rings is 2. The first-order chi connectivity index (χ1) is 12.2. The third-order valence-electron chi connectivity index (χ3n) is 3.53. The van der Waals surface area contributed by atoms with E-state index in [4.69, 9.17) is 14.2 Å². The highest BCUT2D eigenvalue weighted by Gasteiger charge is 2.13. The Balaban J connectivity index is 2.19. The van der Waals surface area contributed by atoms with Gasteiger partial charge in [-0.05, 0) is 45.0 Å². The molecule has 1 N–H and O–H groups in total. The second-order valence-corrected chi connectivity index (χ2v) is 5.28. The fourth-order valence-corrected chi connectivity index (χ4v) is 2.37. The van der Waals surface area contributed by atoms with Crippen molar-refractivity contribution in [1.29, 1.82) is 0 Å². The molecule has 0 saturated carbocycles. The molecule has 2 rings (SSSR count). The zero-order valence-corrected chi connectivity index (χ0v) is 15.0. The van der Waals surface area contributed by atoms with Crippen LogP contribution in [0, 0.1) is 0 Å². The predicted octanol–water partition coefficient (Wildman–Crippen LogP) is 4.27. The average Bonchev–Trinajstić information content (AvgIpc) is 2.62. The van der Waals surface area contributed by atoms with Crippen molar-refractivity contribution in [2.75, 3.05) is 25.1 Å². The van der Waals surface area contributed by atoms with Crippen molar-refractivity contribution in [3.63, 3.8) is 0 Å².